The second-order valence-corrected chi connectivity index (χ2v) is 4.23. The molecule has 0 aliphatic heterocycles. The maximum atomic E-state index is 13.4. The predicted molar refractivity (Wildman–Crippen MR) is 72.3 cm³/mol. The van der Waals surface area contributed by atoms with Crippen molar-refractivity contribution in [3.63, 3.8) is 0 Å². The lowest BCUT2D eigenvalue weighted by atomic mass is 10.1. The van der Waals surface area contributed by atoms with E-state index in [1.165, 1.54) is 6.07 Å². The SMILES string of the molecule is Cc1ccnc(NCCc2ccccc2F)c1C#N. The van der Waals surface area contributed by atoms with Gasteiger partial charge in [0.25, 0.3) is 0 Å². The second-order valence-electron chi connectivity index (χ2n) is 4.23. The van der Waals surface area contributed by atoms with E-state index in [9.17, 15) is 4.39 Å². The molecule has 0 amide bonds. The number of nitrogens with one attached hydrogen (secondary N) is 1. The highest BCUT2D eigenvalue weighted by Crippen LogP contribution is 2.15. The second kappa shape index (κ2) is 5.96. The third kappa shape index (κ3) is 3.08. The van der Waals surface area contributed by atoms with Crippen LogP contribution < -0.4 is 5.32 Å². The van der Waals surface area contributed by atoms with Crippen LogP contribution in [0.4, 0.5) is 10.2 Å². The number of pyridine rings is 1. The molecule has 0 saturated heterocycles. The molecular weight excluding hydrogens is 241 g/mol. The van der Waals surface area contributed by atoms with Crippen molar-refractivity contribution in [2.75, 3.05) is 11.9 Å². The summed E-state index contributed by atoms with van der Waals surface area (Å²) in [5.41, 5.74) is 2.07. The molecule has 2 aromatic rings. The minimum Gasteiger partial charge on any atom is -0.369 e. The fourth-order valence-electron chi connectivity index (χ4n) is 1.85. The number of halogens is 1. The van der Waals surface area contributed by atoms with Crippen molar-refractivity contribution in [3.8, 4) is 6.07 Å². The molecule has 19 heavy (non-hydrogen) atoms. The van der Waals surface area contributed by atoms with Gasteiger partial charge in [-0.15, -0.1) is 0 Å². The molecule has 0 unspecified atom stereocenters. The van der Waals surface area contributed by atoms with E-state index >= 15 is 0 Å². The van der Waals surface area contributed by atoms with Crippen LogP contribution in [-0.4, -0.2) is 11.5 Å². The number of nitrogens with zero attached hydrogens (tertiary/aromatic N) is 2. The van der Waals surface area contributed by atoms with Crippen molar-refractivity contribution in [1.29, 1.82) is 5.26 Å². The molecular formula is C15H14FN3. The van der Waals surface area contributed by atoms with Gasteiger partial charge >= 0.3 is 0 Å². The first-order chi connectivity index (χ1) is 9.22. The van der Waals surface area contributed by atoms with Gasteiger partial charge in [0.05, 0.1) is 5.56 Å². The van der Waals surface area contributed by atoms with Gasteiger partial charge in [-0.25, -0.2) is 9.37 Å². The lowest BCUT2D eigenvalue weighted by molar-refractivity contribution is 0.610. The van der Waals surface area contributed by atoms with E-state index in [4.69, 9.17) is 5.26 Å². The Bertz CT molecular complexity index is 617. The molecule has 0 atom stereocenters. The Kier molecular flexibility index (Phi) is 4.09. The molecule has 0 saturated carbocycles. The third-order valence-electron chi connectivity index (χ3n) is 2.92. The monoisotopic (exact) mass is 255 g/mol. The fourth-order valence-corrected chi connectivity index (χ4v) is 1.85. The van der Waals surface area contributed by atoms with Crippen LogP contribution >= 0.6 is 0 Å². The molecule has 3 nitrogen and oxygen atoms in total. The van der Waals surface area contributed by atoms with Crippen molar-refractivity contribution in [1.82, 2.24) is 4.98 Å². The number of nitriles is 1. The molecule has 0 radical (unpaired) electrons. The number of aromatic nitrogens is 1. The number of benzene rings is 1. The molecule has 0 aliphatic rings. The Labute approximate surface area is 111 Å². The lowest BCUT2D eigenvalue weighted by Gasteiger charge is -2.09. The van der Waals surface area contributed by atoms with Crippen molar-refractivity contribution in [2.45, 2.75) is 13.3 Å². The quantitative estimate of drug-likeness (QED) is 0.913. The maximum Gasteiger partial charge on any atom is 0.144 e. The summed E-state index contributed by atoms with van der Waals surface area (Å²) in [4.78, 5) is 4.14. The number of aryl methyl sites for hydroxylation is 1. The van der Waals surface area contributed by atoms with Gasteiger partial charge in [0, 0.05) is 12.7 Å². The van der Waals surface area contributed by atoms with Crippen molar-refractivity contribution in [2.24, 2.45) is 0 Å². The molecule has 96 valence electrons. The van der Waals surface area contributed by atoms with Crippen LogP contribution in [0, 0.1) is 24.1 Å². The Balaban J connectivity index is 2.03. The predicted octanol–water partition coefficient (Wildman–Crippen LogP) is 3.06. The number of hydrogen-bond acceptors (Lipinski definition) is 3. The summed E-state index contributed by atoms with van der Waals surface area (Å²) in [6, 6.07) is 10.6. The molecule has 0 aliphatic carbocycles. The zero-order chi connectivity index (χ0) is 13.7. The Morgan fingerprint density at radius 3 is 2.84 bits per heavy atom. The average molecular weight is 255 g/mol. The summed E-state index contributed by atoms with van der Waals surface area (Å²) < 4.78 is 13.4. The van der Waals surface area contributed by atoms with Crippen molar-refractivity contribution in [3.05, 3.63) is 59.0 Å². The Morgan fingerprint density at radius 1 is 1.32 bits per heavy atom. The van der Waals surface area contributed by atoms with Crippen molar-refractivity contribution < 1.29 is 4.39 Å². The minimum absolute atomic E-state index is 0.206. The first kappa shape index (κ1) is 13.0. The van der Waals surface area contributed by atoms with Gasteiger partial charge in [0.15, 0.2) is 0 Å². The van der Waals surface area contributed by atoms with E-state index in [0.29, 0.717) is 29.9 Å². The zero-order valence-electron chi connectivity index (χ0n) is 10.7. The molecule has 0 spiro atoms. The van der Waals surface area contributed by atoms with Crippen LogP contribution in [0.5, 0.6) is 0 Å². The average Bonchev–Trinajstić information content (AvgIpc) is 2.41. The molecule has 1 N–H and O–H groups in total. The van der Waals surface area contributed by atoms with E-state index in [1.807, 2.05) is 13.0 Å². The summed E-state index contributed by atoms with van der Waals surface area (Å²) in [7, 11) is 0. The zero-order valence-corrected chi connectivity index (χ0v) is 10.7. The van der Waals surface area contributed by atoms with E-state index < -0.39 is 0 Å². The highest BCUT2D eigenvalue weighted by Gasteiger charge is 2.06. The van der Waals surface area contributed by atoms with E-state index in [0.717, 1.165) is 5.56 Å². The lowest BCUT2D eigenvalue weighted by Crippen LogP contribution is -2.09. The fraction of sp³-hybridized carbons (Fsp3) is 0.200. The van der Waals surface area contributed by atoms with Gasteiger partial charge in [-0.1, -0.05) is 18.2 Å². The van der Waals surface area contributed by atoms with Gasteiger partial charge in [0.2, 0.25) is 0 Å². The number of rotatable bonds is 4. The first-order valence-electron chi connectivity index (χ1n) is 6.05. The molecule has 0 bridgehead atoms. The molecule has 4 heteroatoms. The van der Waals surface area contributed by atoms with Crippen LogP contribution in [0.2, 0.25) is 0 Å². The van der Waals surface area contributed by atoms with E-state index in [1.54, 1.807) is 24.4 Å². The number of hydrogen-bond donors (Lipinski definition) is 1. The smallest absolute Gasteiger partial charge is 0.144 e. The summed E-state index contributed by atoms with van der Waals surface area (Å²) in [6.07, 6.45) is 2.20. The highest BCUT2D eigenvalue weighted by molar-refractivity contribution is 5.55. The third-order valence-corrected chi connectivity index (χ3v) is 2.92. The van der Waals surface area contributed by atoms with E-state index in [-0.39, 0.29) is 5.82 Å². The van der Waals surface area contributed by atoms with Gasteiger partial charge < -0.3 is 5.32 Å². The van der Waals surface area contributed by atoms with Gasteiger partial charge in [-0.2, -0.15) is 5.26 Å². The molecule has 0 fully saturated rings. The maximum absolute atomic E-state index is 13.4. The normalized spacial score (nSPS) is 9.95. The van der Waals surface area contributed by atoms with Gasteiger partial charge in [-0.3, -0.25) is 0 Å². The van der Waals surface area contributed by atoms with Gasteiger partial charge in [0.1, 0.15) is 17.7 Å². The topological polar surface area (TPSA) is 48.7 Å². The highest BCUT2D eigenvalue weighted by atomic mass is 19.1. The Hall–Kier alpha value is -2.41. The largest absolute Gasteiger partial charge is 0.369 e. The summed E-state index contributed by atoms with van der Waals surface area (Å²) >= 11 is 0. The first-order valence-corrected chi connectivity index (χ1v) is 6.05. The van der Waals surface area contributed by atoms with Gasteiger partial charge in [-0.05, 0) is 36.6 Å². The van der Waals surface area contributed by atoms with Crippen LogP contribution in [0.25, 0.3) is 0 Å². The number of anilines is 1. The van der Waals surface area contributed by atoms with E-state index in [2.05, 4.69) is 16.4 Å². The summed E-state index contributed by atoms with van der Waals surface area (Å²) in [5.74, 6) is 0.348. The van der Waals surface area contributed by atoms with Crippen molar-refractivity contribution >= 4 is 5.82 Å². The molecule has 1 aromatic carbocycles. The van der Waals surface area contributed by atoms with Crippen LogP contribution in [0.1, 0.15) is 16.7 Å². The minimum atomic E-state index is -0.206. The molecule has 1 aromatic heterocycles. The van der Waals surface area contributed by atoms with Crippen LogP contribution in [0.15, 0.2) is 36.5 Å². The molecule has 2 rings (SSSR count). The van der Waals surface area contributed by atoms with Crippen LogP contribution in [0.3, 0.4) is 0 Å². The molecule has 1 heterocycles. The standard InChI is InChI=1S/C15H14FN3/c1-11-6-8-18-15(13(11)10-17)19-9-7-12-4-2-3-5-14(12)16/h2-6,8H,7,9H2,1H3,(H,18,19). The van der Waals surface area contributed by atoms with Crippen LogP contribution in [-0.2, 0) is 6.42 Å². The summed E-state index contributed by atoms with van der Waals surface area (Å²) in [6.45, 7) is 2.40. The summed E-state index contributed by atoms with van der Waals surface area (Å²) in [5, 5.41) is 12.2. The Morgan fingerprint density at radius 2 is 2.11 bits per heavy atom.